The van der Waals surface area contributed by atoms with Crippen LogP contribution < -0.4 is 0 Å². The molecule has 2 fully saturated rings. The molecule has 0 aliphatic carbocycles. The van der Waals surface area contributed by atoms with Gasteiger partial charge in [-0.2, -0.15) is 0 Å². The molecule has 0 aromatic heterocycles. The van der Waals surface area contributed by atoms with Gasteiger partial charge in [0, 0.05) is 49.7 Å². The first-order valence-corrected chi connectivity index (χ1v) is 13.9. The molecule has 0 aromatic rings. The maximum atomic E-state index is 12.3. The Balaban J connectivity index is 0.000000340. The van der Waals surface area contributed by atoms with Crippen molar-refractivity contribution in [1.82, 2.24) is 19.6 Å². The number of hydrogen-bond acceptors (Lipinski definition) is 4. The Hall–Kier alpha value is -1.14. The van der Waals surface area contributed by atoms with E-state index in [1.807, 2.05) is 9.80 Å². The molecule has 2 heterocycles. The van der Waals surface area contributed by atoms with E-state index < -0.39 is 0 Å². The van der Waals surface area contributed by atoms with Crippen LogP contribution in [0.4, 0.5) is 0 Å². The molecule has 2 rings (SSSR count). The first kappa shape index (κ1) is 30.9. The second kappa shape index (κ2) is 13.8. The van der Waals surface area contributed by atoms with Gasteiger partial charge in [-0.1, -0.05) is 0 Å². The summed E-state index contributed by atoms with van der Waals surface area (Å²) in [6.07, 6.45) is 4.25. The molecule has 0 bridgehead atoms. The van der Waals surface area contributed by atoms with Crippen LogP contribution in [-0.4, -0.2) is 94.8 Å². The van der Waals surface area contributed by atoms with Crippen LogP contribution in [0.15, 0.2) is 0 Å². The van der Waals surface area contributed by atoms with Crippen molar-refractivity contribution in [2.24, 2.45) is 11.8 Å². The third-order valence-electron chi connectivity index (χ3n) is 7.66. The van der Waals surface area contributed by atoms with Crippen molar-refractivity contribution in [2.45, 2.75) is 106 Å². The van der Waals surface area contributed by atoms with Crippen LogP contribution >= 0.6 is 0 Å². The molecular formula is C28H56N4O2. The van der Waals surface area contributed by atoms with Gasteiger partial charge in [0.2, 0.25) is 11.8 Å². The highest BCUT2D eigenvalue weighted by atomic mass is 16.2. The lowest BCUT2D eigenvalue weighted by Crippen LogP contribution is -2.51. The third-order valence-corrected chi connectivity index (χ3v) is 7.66. The van der Waals surface area contributed by atoms with Crippen LogP contribution in [0.25, 0.3) is 0 Å². The summed E-state index contributed by atoms with van der Waals surface area (Å²) in [5.41, 5.74) is 0.422. The van der Waals surface area contributed by atoms with Crippen LogP contribution in [0.1, 0.15) is 94.9 Å². The smallest absolute Gasteiger partial charge is 0.226 e. The van der Waals surface area contributed by atoms with Gasteiger partial charge in [-0.3, -0.25) is 19.4 Å². The van der Waals surface area contributed by atoms with Crippen LogP contribution in [0.2, 0.25) is 0 Å². The van der Waals surface area contributed by atoms with E-state index in [-0.39, 0.29) is 22.9 Å². The molecule has 2 aliphatic rings. The lowest BCUT2D eigenvalue weighted by Gasteiger charge is -2.42. The number of rotatable bonds is 6. The van der Waals surface area contributed by atoms with Gasteiger partial charge in [0.05, 0.1) is 5.92 Å². The summed E-state index contributed by atoms with van der Waals surface area (Å²) in [5.74, 6) is 1.18. The number of hydrogen-bond donors (Lipinski definition) is 0. The van der Waals surface area contributed by atoms with Gasteiger partial charge < -0.3 is 9.80 Å². The molecule has 0 radical (unpaired) electrons. The molecule has 2 amide bonds. The predicted molar refractivity (Wildman–Crippen MR) is 144 cm³/mol. The minimum absolute atomic E-state index is 0.183. The molecule has 0 N–H and O–H groups in total. The monoisotopic (exact) mass is 480 g/mol. The zero-order valence-corrected chi connectivity index (χ0v) is 24.2. The Bertz CT molecular complexity index is 607. The van der Waals surface area contributed by atoms with E-state index >= 15 is 0 Å². The van der Waals surface area contributed by atoms with Crippen molar-refractivity contribution >= 4 is 11.8 Å². The Morgan fingerprint density at radius 1 is 0.647 bits per heavy atom. The van der Waals surface area contributed by atoms with Crippen molar-refractivity contribution in [1.29, 1.82) is 0 Å². The minimum Gasteiger partial charge on any atom is -0.343 e. The van der Waals surface area contributed by atoms with Crippen LogP contribution in [-0.2, 0) is 9.59 Å². The average Bonchev–Trinajstić information content (AvgIpc) is 2.80. The standard InChI is InChI=1S/2C14H28N2O/c1-6-15(7-2)13(17)12-8-10-16(11-9-12)14(3,4)5;1-6-15(7-2)13(17)12-9-8-10-16(11-12)14(3,4)5/h2*12H,6-11H2,1-5H3. The van der Waals surface area contributed by atoms with Crippen LogP contribution in [0, 0.1) is 11.8 Å². The SMILES string of the molecule is CCN(CC)C(=O)C1CCCN(C(C)(C)C)C1.CCN(CC)C(=O)C1CCN(C(C)(C)C)CC1. The Morgan fingerprint density at radius 2 is 1.06 bits per heavy atom. The summed E-state index contributed by atoms with van der Waals surface area (Å²) in [5, 5.41) is 0. The first-order valence-electron chi connectivity index (χ1n) is 13.9. The van der Waals surface area contributed by atoms with E-state index in [4.69, 9.17) is 0 Å². The highest BCUT2D eigenvalue weighted by molar-refractivity contribution is 5.79. The van der Waals surface area contributed by atoms with Crippen molar-refractivity contribution in [2.75, 3.05) is 52.4 Å². The van der Waals surface area contributed by atoms with E-state index in [0.29, 0.717) is 11.8 Å². The van der Waals surface area contributed by atoms with Gasteiger partial charge in [-0.05, 0) is 115 Å². The van der Waals surface area contributed by atoms with E-state index in [2.05, 4.69) is 79.0 Å². The predicted octanol–water partition coefficient (Wildman–Crippen LogP) is 4.73. The van der Waals surface area contributed by atoms with E-state index in [1.54, 1.807) is 0 Å². The Labute approximate surface area is 211 Å². The molecule has 2 aliphatic heterocycles. The summed E-state index contributed by atoms with van der Waals surface area (Å²) in [6, 6.07) is 0. The van der Waals surface area contributed by atoms with Gasteiger partial charge >= 0.3 is 0 Å². The molecule has 200 valence electrons. The van der Waals surface area contributed by atoms with Crippen molar-refractivity contribution < 1.29 is 9.59 Å². The summed E-state index contributed by atoms with van der Waals surface area (Å²) >= 11 is 0. The second-order valence-corrected chi connectivity index (χ2v) is 11.9. The fourth-order valence-electron chi connectivity index (χ4n) is 5.17. The molecule has 34 heavy (non-hydrogen) atoms. The van der Waals surface area contributed by atoms with Crippen molar-refractivity contribution in [3.63, 3.8) is 0 Å². The van der Waals surface area contributed by atoms with Crippen LogP contribution in [0.3, 0.4) is 0 Å². The molecule has 0 aromatic carbocycles. The van der Waals surface area contributed by atoms with Crippen molar-refractivity contribution in [3.05, 3.63) is 0 Å². The number of carbonyl (C=O) groups excluding carboxylic acids is 2. The highest BCUT2D eigenvalue weighted by Gasteiger charge is 2.33. The second-order valence-electron chi connectivity index (χ2n) is 11.9. The molecule has 1 atom stereocenters. The third kappa shape index (κ3) is 9.14. The average molecular weight is 481 g/mol. The largest absolute Gasteiger partial charge is 0.343 e. The normalized spacial score (nSPS) is 20.9. The summed E-state index contributed by atoms with van der Waals surface area (Å²) < 4.78 is 0. The van der Waals surface area contributed by atoms with Gasteiger partial charge in [0.25, 0.3) is 0 Å². The quantitative estimate of drug-likeness (QED) is 0.551. The molecule has 1 unspecified atom stereocenters. The fraction of sp³-hybridized carbons (Fsp3) is 0.929. The van der Waals surface area contributed by atoms with Crippen molar-refractivity contribution in [3.8, 4) is 0 Å². The van der Waals surface area contributed by atoms with Crippen LogP contribution in [0.5, 0.6) is 0 Å². The maximum absolute atomic E-state index is 12.3. The number of piperidine rings is 2. The zero-order chi connectivity index (χ0) is 26.1. The van der Waals surface area contributed by atoms with E-state index in [1.165, 1.54) is 0 Å². The molecular weight excluding hydrogens is 424 g/mol. The molecule has 0 saturated carbocycles. The van der Waals surface area contributed by atoms with E-state index in [0.717, 1.165) is 78.0 Å². The molecule has 6 heteroatoms. The molecule has 2 saturated heterocycles. The topological polar surface area (TPSA) is 47.1 Å². The number of carbonyl (C=O) groups is 2. The Morgan fingerprint density at radius 3 is 1.44 bits per heavy atom. The number of nitrogens with zero attached hydrogens (tertiary/aromatic N) is 4. The zero-order valence-electron chi connectivity index (χ0n) is 24.2. The molecule has 0 spiro atoms. The van der Waals surface area contributed by atoms with Gasteiger partial charge in [0.15, 0.2) is 0 Å². The first-order chi connectivity index (χ1) is 15.8. The molecule has 6 nitrogen and oxygen atoms in total. The van der Waals surface area contributed by atoms with Gasteiger partial charge in [-0.25, -0.2) is 0 Å². The lowest BCUT2D eigenvalue weighted by molar-refractivity contribution is -0.138. The summed E-state index contributed by atoms with van der Waals surface area (Å²) in [7, 11) is 0. The number of amides is 2. The maximum Gasteiger partial charge on any atom is 0.226 e. The van der Waals surface area contributed by atoms with E-state index in [9.17, 15) is 9.59 Å². The minimum atomic E-state index is 0.183. The van der Waals surface area contributed by atoms with Gasteiger partial charge in [0.1, 0.15) is 0 Å². The fourth-order valence-corrected chi connectivity index (χ4v) is 5.17. The summed E-state index contributed by atoms with van der Waals surface area (Å²) in [6.45, 7) is 29.2. The summed E-state index contributed by atoms with van der Waals surface area (Å²) in [4.78, 5) is 33.4. The highest BCUT2D eigenvalue weighted by Crippen LogP contribution is 2.26. The Kier molecular flexibility index (Phi) is 12.6. The lowest BCUT2D eigenvalue weighted by atomic mass is 9.92. The number of likely N-dealkylation sites (tertiary alicyclic amines) is 2. The van der Waals surface area contributed by atoms with Gasteiger partial charge in [-0.15, -0.1) is 0 Å².